The van der Waals surface area contributed by atoms with Crippen molar-refractivity contribution < 1.29 is 14.4 Å². The van der Waals surface area contributed by atoms with Crippen LogP contribution < -0.4 is 4.90 Å². The molecular formula is C19H25N6O2S+. The van der Waals surface area contributed by atoms with Crippen LogP contribution in [0.3, 0.4) is 0 Å². The lowest BCUT2D eigenvalue weighted by molar-refractivity contribution is -0.902. The normalized spacial score (nSPS) is 20.0. The minimum atomic E-state index is -0.214. The van der Waals surface area contributed by atoms with Crippen LogP contribution in [0.4, 0.5) is 0 Å². The molecule has 0 saturated carbocycles. The average Bonchev–Trinajstić information content (AvgIpc) is 3.27. The molecule has 5 heterocycles. The number of nitrogens with one attached hydrogen (secondary N) is 1. The molecule has 148 valence electrons. The number of amides is 1. The zero-order valence-corrected chi connectivity index (χ0v) is 17.3. The summed E-state index contributed by atoms with van der Waals surface area (Å²) in [6.07, 6.45) is 2.47. The molecule has 0 atom stereocenters. The van der Waals surface area contributed by atoms with Gasteiger partial charge in [-0.25, -0.2) is 14.5 Å². The number of fused-ring (bicyclic) bond motifs is 5. The number of aromatic nitrogens is 4. The maximum atomic E-state index is 13.0. The van der Waals surface area contributed by atoms with Crippen molar-refractivity contribution in [2.45, 2.75) is 39.4 Å². The summed E-state index contributed by atoms with van der Waals surface area (Å²) < 4.78 is 7.60. The second kappa shape index (κ2) is 6.47. The number of thiophene rings is 1. The van der Waals surface area contributed by atoms with E-state index in [1.165, 1.54) is 15.3 Å². The predicted octanol–water partition coefficient (Wildman–Crippen LogP) is 0.551. The molecule has 2 aliphatic rings. The van der Waals surface area contributed by atoms with Crippen LogP contribution in [0.2, 0.25) is 0 Å². The third kappa shape index (κ3) is 2.89. The second-order valence-corrected chi connectivity index (χ2v) is 9.34. The van der Waals surface area contributed by atoms with Crippen LogP contribution in [-0.4, -0.2) is 68.7 Å². The molecule has 0 bridgehead atoms. The van der Waals surface area contributed by atoms with Crippen molar-refractivity contribution in [2.75, 3.05) is 32.7 Å². The molecule has 0 aromatic carbocycles. The standard InChI is InChI=1S/C19H24N6O2S/c1-4-23-5-7-24(8-6-23)18(26)15-21-16-14-12-9-19(2,3)27-10-13(12)28-17(14)20-11-25(16)22-15/h11H,4-10H2,1-3H3/p+1. The van der Waals surface area contributed by atoms with E-state index in [1.54, 1.807) is 22.2 Å². The van der Waals surface area contributed by atoms with Gasteiger partial charge in [0.25, 0.3) is 5.91 Å². The van der Waals surface area contributed by atoms with Crippen LogP contribution in [0, 0.1) is 0 Å². The van der Waals surface area contributed by atoms with Crippen molar-refractivity contribution in [3.63, 3.8) is 0 Å². The van der Waals surface area contributed by atoms with Crippen LogP contribution in [-0.2, 0) is 17.8 Å². The average molecular weight is 402 g/mol. The van der Waals surface area contributed by atoms with Crippen LogP contribution in [0.1, 0.15) is 41.8 Å². The van der Waals surface area contributed by atoms with Crippen molar-refractivity contribution in [2.24, 2.45) is 0 Å². The summed E-state index contributed by atoms with van der Waals surface area (Å²) in [4.78, 5) is 27.7. The zero-order valence-electron chi connectivity index (χ0n) is 16.5. The summed E-state index contributed by atoms with van der Waals surface area (Å²) >= 11 is 1.65. The maximum absolute atomic E-state index is 13.0. The van der Waals surface area contributed by atoms with Gasteiger partial charge < -0.3 is 14.5 Å². The van der Waals surface area contributed by atoms with Crippen molar-refractivity contribution in [1.29, 1.82) is 0 Å². The molecular weight excluding hydrogens is 376 g/mol. The van der Waals surface area contributed by atoms with Gasteiger partial charge in [0.15, 0.2) is 5.65 Å². The molecule has 1 saturated heterocycles. The summed E-state index contributed by atoms with van der Waals surface area (Å²) in [5.74, 6) is 0.181. The third-order valence-corrected chi connectivity index (χ3v) is 6.97. The molecule has 3 aromatic rings. The van der Waals surface area contributed by atoms with Crippen LogP contribution in [0.5, 0.6) is 0 Å². The molecule has 2 aliphatic heterocycles. The molecule has 0 unspecified atom stereocenters. The van der Waals surface area contributed by atoms with E-state index in [4.69, 9.17) is 4.74 Å². The summed E-state index contributed by atoms with van der Waals surface area (Å²) in [6, 6.07) is 0. The van der Waals surface area contributed by atoms with E-state index in [1.807, 2.05) is 4.90 Å². The number of quaternary nitrogens is 1. The van der Waals surface area contributed by atoms with Gasteiger partial charge in [0.05, 0.1) is 50.3 Å². The topological polar surface area (TPSA) is 77.1 Å². The van der Waals surface area contributed by atoms with Crippen LogP contribution in [0.15, 0.2) is 6.33 Å². The molecule has 0 aliphatic carbocycles. The van der Waals surface area contributed by atoms with Gasteiger partial charge in [0.1, 0.15) is 11.2 Å². The second-order valence-electron chi connectivity index (χ2n) is 8.25. The van der Waals surface area contributed by atoms with Gasteiger partial charge in [0.2, 0.25) is 5.82 Å². The predicted molar refractivity (Wildman–Crippen MR) is 106 cm³/mol. The minimum absolute atomic E-state index is 0.0836. The lowest BCUT2D eigenvalue weighted by Gasteiger charge is -2.30. The Hall–Kier alpha value is -2.10. The molecule has 1 N–H and O–H groups in total. The highest BCUT2D eigenvalue weighted by molar-refractivity contribution is 7.19. The van der Waals surface area contributed by atoms with Crippen molar-refractivity contribution in [3.05, 3.63) is 22.6 Å². The van der Waals surface area contributed by atoms with Gasteiger partial charge in [-0.15, -0.1) is 16.4 Å². The minimum Gasteiger partial charge on any atom is -0.370 e. The number of hydrogen-bond acceptors (Lipinski definition) is 6. The number of ether oxygens (including phenoxy) is 1. The molecule has 1 amide bonds. The maximum Gasteiger partial charge on any atom is 0.293 e. The van der Waals surface area contributed by atoms with Crippen LogP contribution >= 0.6 is 11.3 Å². The van der Waals surface area contributed by atoms with Gasteiger partial charge in [-0.05, 0) is 26.3 Å². The van der Waals surface area contributed by atoms with Gasteiger partial charge in [0, 0.05) is 11.3 Å². The van der Waals surface area contributed by atoms with Crippen molar-refractivity contribution in [3.8, 4) is 0 Å². The SMILES string of the molecule is CC[NH+]1CCN(C(=O)c2nc3c4c5c(sc4ncn3n2)COC(C)(C)C5)CC1. The Kier molecular flexibility index (Phi) is 4.15. The monoisotopic (exact) mass is 401 g/mol. The number of carbonyl (C=O) groups is 1. The molecule has 8 nitrogen and oxygen atoms in total. The largest absolute Gasteiger partial charge is 0.370 e. The van der Waals surface area contributed by atoms with Crippen molar-refractivity contribution in [1.82, 2.24) is 24.5 Å². The van der Waals surface area contributed by atoms with E-state index >= 15 is 0 Å². The quantitative estimate of drug-likeness (QED) is 0.679. The van der Waals surface area contributed by atoms with Gasteiger partial charge >= 0.3 is 0 Å². The lowest BCUT2D eigenvalue weighted by atomic mass is 9.94. The fourth-order valence-electron chi connectivity index (χ4n) is 4.15. The van der Waals surface area contributed by atoms with E-state index < -0.39 is 0 Å². The molecule has 0 spiro atoms. The number of nitrogens with zero attached hydrogens (tertiary/aromatic N) is 5. The summed E-state index contributed by atoms with van der Waals surface area (Å²) in [5, 5.41) is 5.48. The van der Waals surface area contributed by atoms with E-state index in [2.05, 4.69) is 35.8 Å². The number of rotatable bonds is 2. The Morgan fingerprint density at radius 3 is 2.89 bits per heavy atom. The fourth-order valence-corrected chi connectivity index (χ4v) is 5.22. The van der Waals surface area contributed by atoms with E-state index in [0.29, 0.717) is 6.61 Å². The number of hydrogen-bond donors (Lipinski definition) is 1. The number of likely N-dealkylation sites (N-methyl/N-ethyl adjacent to an activating group) is 1. The fraction of sp³-hybridized carbons (Fsp3) is 0.579. The summed E-state index contributed by atoms with van der Waals surface area (Å²) in [6.45, 7) is 11.6. The smallest absolute Gasteiger partial charge is 0.293 e. The first kappa shape index (κ1) is 18.0. The highest BCUT2D eigenvalue weighted by Gasteiger charge is 2.32. The number of carbonyl (C=O) groups excluding carboxylic acids is 1. The highest BCUT2D eigenvalue weighted by atomic mass is 32.1. The first-order chi connectivity index (χ1) is 13.4. The van der Waals surface area contributed by atoms with E-state index in [0.717, 1.165) is 55.0 Å². The Morgan fingerprint density at radius 2 is 2.14 bits per heavy atom. The Balaban J connectivity index is 1.53. The van der Waals surface area contributed by atoms with E-state index in [-0.39, 0.29) is 17.3 Å². The van der Waals surface area contributed by atoms with Gasteiger partial charge in [-0.1, -0.05) is 0 Å². The highest BCUT2D eigenvalue weighted by Crippen LogP contribution is 2.39. The zero-order chi connectivity index (χ0) is 19.5. The molecule has 1 fully saturated rings. The lowest BCUT2D eigenvalue weighted by Crippen LogP contribution is -3.14. The number of piperazine rings is 1. The first-order valence-corrected chi connectivity index (χ1v) is 10.7. The Bertz CT molecular complexity index is 1060. The van der Waals surface area contributed by atoms with Crippen LogP contribution in [0.25, 0.3) is 15.9 Å². The molecule has 28 heavy (non-hydrogen) atoms. The third-order valence-electron chi connectivity index (χ3n) is 5.86. The Labute approximate surface area is 167 Å². The summed E-state index contributed by atoms with van der Waals surface area (Å²) in [5.41, 5.74) is 1.75. The van der Waals surface area contributed by atoms with Gasteiger partial charge in [-0.3, -0.25) is 4.79 Å². The van der Waals surface area contributed by atoms with E-state index in [9.17, 15) is 4.79 Å². The molecule has 3 aromatic heterocycles. The van der Waals surface area contributed by atoms with Crippen molar-refractivity contribution >= 4 is 33.1 Å². The molecule has 9 heteroatoms. The Morgan fingerprint density at radius 1 is 1.36 bits per heavy atom. The molecule has 5 rings (SSSR count). The van der Waals surface area contributed by atoms with Gasteiger partial charge in [-0.2, -0.15) is 0 Å². The molecule has 0 radical (unpaired) electrons. The first-order valence-electron chi connectivity index (χ1n) is 9.87. The summed E-state index contributed by atoms with van der Waals surface area (Å²) in [7, 11) is 0.